The molecule has 0 bridgehead atoms. The highest BCUT2D eigenvalue weighted by atomic mass is 35.5. The van der Waals surface area contributed by atoms with Crippen molar-refractivity contribution in [3.8, 4) is 11.5 Å². The van der Waals surface area contributed by atoms with Gasteiger partial charge in [0.25, 0.3) is 11.8 Å². The summed E-state index contributed by atoms with van der Waals surface area (Å²) in [5.74, 6) is -0.111. The van der Waals surface area contributed by atoms with Crippen LogP contribution in [0.5, 0.6) is 11.5 Å². The fraction of sp³-hybridized carbons (Fsp3) is 0.176. The number of ether oxygens (including phenoxy) is 2. The minimum absolute atomic E-state index is 0.224. The van der Waals surface area contributed by atoms with E-state index in [9.17, 15) is 9.59 Å². The summed E-state index contributed by atoms with van der Waals surface area (Å²) in [4.78, 5) is 24.2. The number of benzene rings is 2. The normalized spacial score (nSPS) is 10.1. The monoisotopic (exact) mass is 382 g/mol. The summed E-state index contributed by atoms with van der Waals surface area (Å²) in [5.41, 5.74) is 5.14. The van der Waals surface area contributed by atoms with E-state index in [4.69, 9.17) is 32.7 Å². The highest BCUT2D eigenvalue weighted by molar-refractivity contribution is 6.35. The Bertz CT molecular complexity index is 776. The predicted molar refractivity (Wildman–Crippen MR) is 95.6 cm³/mol. The maximum Gasteiger partial charge on any atom is 0.269 e. The minimum atomic E-state index is -0.546. The van der Waals surface area contributed by atoms with Gasteiger partial charge in [0.05, 0.1) is 13.7 Å². The zero-order valence-corrected chi connectivity index (χ0v) is 15.1. The van der Waals surface area contributed by atoms with E-state index in [2.05, 4.69) is 10.9 Å². The van der Waals surface area contributed by atoms with Crippen molar-refractivity contribution in [3.63, 3.8) is 0 Å². The summed E-state index contributed by atoms with van der Waals surface area (Å²) in [7, 11) is 1.48. The largest absolute Gasteiger partial charge is 0.493 e. The molecule has 2 aromatic carbocycles. The van der Waals surface area contributed by atoms with E-state index in [1.54, 1.807) is 12.1 Å². The van der Waals surface area contributed by atoms with Crippen LogP contribution in [0.1, 0.15) is 27.6 Å². The number of halogens is 2. The van der Waals surface area contributed by atoms with E-state index in [1.165, 1.54) is 31.4 Å². The van der Waals surface area contributed by atoms with Crippen molar-refractivity contribution < 1.29 is 19.1 Å². The zero-order chi connectivity index (χ0) is 18.4. The van der Waals surface area contributed by atoms with E-state index in [1.807, 2.05) is 6.92 Å². The number of amides is 2. The van der Waals surface area contributed by atoms with E-state index in [0.29, 0.717) is 33.7 Å². The Labute approximate surface area is 155 Å². The average molecular weight is 383 g/mol. The van der Waals surface area contributed by atoms with Crippen LogP contribution in [0.3, 0.4) is 0 Å². The van der Waals surface area contributed by atoms with Gasteiger partial charge in [-0.3, -0.25) is 20.4 Å². The SMILES string of the molecule is CCOc1ccc(C(=O)NNC(=O)c2cc(Cl)cc(Cl)c2)cc1OC. The first-order valence-corrected chi connectivity index (χ1v) is 8.07. The van der Waals surface area contributed by atoms with Crippen LogP contribution < -0.4 is 20.3 Å². The lowest BCUT2D eigenvalue weighted by Gasteiger charge is -2.12. The van der Waals surface area contributed by atoms with Crippen LogP contribution >= 0.6 is 23.2 Å². The van der Waals surface area contributed by atoms with Crippen LogP contribution in [0.25, 0.3) is 0 Å². The number of carbonyl (C=O) groups is 2. The molecule has 0 aliphatic carbocycles. The molecule has 2 aromatic rings. The molecule has 6 nitrogen and oxygen atoms in total. The van der Waals surface area contributed by atoms with Crippen molar-refractivity contribution >= 4 is 35.0 Å². The van der Waals surface area contributed by atoms with Crippen molar-refractivity contribution in [2.45, 2.75) is 6.92 Å². The fourth-order valence-electron chi connectivity index (χ4n) is 2.03. The van der Waals surface area contributed by atoms with E-state index < -0.39 is 11.8 Å². The lowest BCUT2D eigenvalue weighted by molar-refractivity contribution is 0.0846. The number of hydrogen-bond acceptors (Lipinski definition) is 4. The topological polar surface area (TPSA) is 76.7 Å². The molecular weight excluding hydrogens is 367 g/mol. The molecule has 0 aliphatic heterocycles. The standard InChI is InChI=1S/C17H16Cl2N2O4/c1-3-25-14-5-4-10(8-15(14)24-2)16(22)20-21-17(23)11-6-12(18)9-13(19)7-11/h4-9H,3H2,1-2H3,(H,20,22)(H,21,23). The third kappa shape index (κ3) is 5.01. The fourth-order valence-corrected chi connectivity index (χ4v) is 2.55. The quantitative estimate of drug-likeness (QED) is 0.776. The smallest absolute Gasteiger partial charge is 0.269 e. The number of hydrogen-bond donors (Lipinski definition) is 2. The number of rotatable bonds is 5. The van der Waals surface area contributed by atoms with Gasteiger partial charge in [0, 0.05) is 21.2 Å². The molecular formula is C17H16Cl2N2O4. The Morgan fingerprint density at radius 1 is 0.920 bits per heavy atom. The molecule has 0 saturated heterocycles. The molecule has 0 aromatic heterocycles. The van der Waals surface area contributed by atoms with Crippen LogP contribution in [0.2, 0.25) is 10.0 Å². The van der Waals surface area contributed by atoms with Crippen LogP contribution in [0.4, 0.5) is 0 Å². The van der Waals surface area contributed by atoms with Crippen LogP contribution in [-0.4, -0.2) is 25.5 Å². The van der Waals surface area contributed by atoms with Gasteiger partial charge in [-0.15, -0.1) is 0 Å². The molecule has 0 aliphatic rings. The molecule has 8 heteroatoms. The Hall–Kier alpha value is -2.44. The van der Waals surface area contributed by atoms with Gasteiger partial charge in [-0.05, 0) is 43.3 Å². The van der Waals surface area contributed by atoms with Crippen molar-refractivity contribution in [2.24, 2.45) is 0 Å². The van der Waals surface area contributed by atoms with Gasteiger partial charge in [0.1, 0.15) is 0 Å². The van der Waals surface area contributed by atoms with Crippen molar-refractivity contribution in [1.29, 1.82) is 0 Å². The van der Waals surface area contributed by atoms with Crippen LogP contribution in [-0.2, 0) is 0 Å². The second-order valence-electron chi connectivity index (χ2n) is 4.87. The summed E-state index contributed by atoms with van der Waals surface area (Å²) >= 11 is 11.7. The first-order valence-electron chi connectivity index (χ1n) is 7.32. The van der Waals surface area contributed by atoms with Gasteiger partial charge in [0.15, 0.2) is 11.5 Å². The summed E-state index contributed by atoms with van der Waals surface area (Å²) in [6.07, 6.45) is 0. The molecule has 0 atom stereocenters. The molecule has 2 amide bonds. The van der Waals surface area contributed by atoms with Gasteiger partial charge >= 0.3 is 0 Å². The molecule has 0 unspecified atom stereocenters. The maximum absolute atomic E-state index is 12.2. The second-order valence-corrected chi connectivity index (χ2v) is 5.74. The molecule has 2 N–H and O–H groups in total. The zero-order valence-electron chi connectivity index (χ0n) is 13.6. The Morgan fingerprint density at radius 2 is 1.52 bits per heavy atom. The first kappa shape index (κ1) is 18.9. The highest BCUT2D eigenvalue weighted by Gasteiger charge is 2.13. The van der Waals surface area contributed by atoms with Gasteiger partial charge in [-0.1, -0.05) is 23.2 Å². The average Bonchev–Trinajstić information content (AvgIpc) is 2.59. The lowest BCUT2D eigenvalue weighted by Crippen LogP contribution is -2.41. The third-order valence-electron chi connectivity index (χ3n) is 3.14. The molecule has 0 fully saturated rings. The number of nitrogens with one attached hydrogen (secondary N) is 2. The Morgan fingerprint density at radius 3 is 2.08 bits per heavy atom. The van der Waals surface area contributed by atoms with Gasteiger partial charge in [0.2, 0.25) is 0 Å². The lowest BCUT2D eigenvalue weighted by atomic mass is 10.2. The van der Waals surface area contributed by atoms with Crippen molar-refractivity contribution in [3.05, 3.63) is 57.6 Å². The maximum atomic E-state index is 12.2. The van der Waals surface area contributed by atoms with Gasteiger partial charge in [-0.25, -0.2) is 0 Å². The van der Waals surface area contributed by atoms with Crippen molar-refractivity contribution in [2.75, 3.05) is 13.7 Å². The molecule has 2 rings (SSSR count). The Kier molecular flexibility index (Phi) is 6.50. The molecule has 132 valence electrons. The molecule has 0 spiro atoms. The van der Waals surface area contributed by atoms with Crippen LogP contribution in [0, 0.1) is 0 Å². The summed E-state index contributed by atoms with van der Waals surface area (Å²) in [6.45, 7) is 2.32. The molecule has 0 saturated carbocycles. The summed E-state index contributed by atoms with van der Waals surface area (Å²) in [5, 5.41) is 0.639. The van der Waals surface area contributed by atoms with Gasteiger partial charge < -0.3 is 9.47 Å². The summed E-state index contributed by atoms with van der Waals surface area (Å²) in [6, 6.07) is 9.08. The van der Waals surface area contributed by atoms with Gasteiger partial charge in [-0.2, -0.15) is 0 Å². The molecule has 0 heterocycles. The minimum Gasteiger partial charge on any atom is -0.493 e. The van der Waals surface area contributed by atoms with E-state index >= 15 is 0 Å². The van der Waals surface area contributed by atoms with Crippen LogP contribution in [0.15, 0.2) is 36.4 Å². The molecule has 25 heavy (non-hydrogen) atoms. The molecule has 0 radical (unpaired) electrons. The Balaban J connectivity index is 2.05. The third-order valence-corrected chi connectivity index (χ3v) is 3.58. The predicted octanol–water partition coefficient (Wildman–Crippen LogP) is 3.48. The van der Waals surface area contributed by atoms with Crippen molar-refractivity contribution in [1.82, 2.24) is 10.9 Å². The van der Waals surface area contributed by atoms with E-state index in [-0.39, 0.29) is 5.56 Å². The number of methoxy groups -OCH3 is 1. The summed E-state index contributed by atoms with van der Waals surface area (Å²) < 4.78 is 10.6. The number of hydrazine groups is 1. The second kappa shape index (κ2) is 8.60. The first-order chi connectivity index (χ1) is 11.9. The highest BCUT2D eigenvalue weighted by Crippen LogP contribution is 2.28. The number of carbonyl (C=O) groups excluding carboxylic acids is 2. The van der Waals surface area contributed by atoms with E-state index in [0.717, 1.165) is 0 Å².